The van der Waals surface area contributed by atoms with Gasteiger partial charge in [-0.2, -0.15) is 0 Å². The quantitative estimate of drug-likeness (QED) is 0.505. The summed E-state index contributed by atoms with van der Waals surface area (Å²) >= 11 is 0. The maximum Gasteiger partial charge on any atom is 0.326 e. The van der Waals surface area contributed by atoms with Crippen molar-refractivity contribution in [2.75, 3.05) is 12.8 Å². The monoisotopic (exact) mass is 323 g/mol. The van der Waals surface area contributed by atoms with Gasteiger partial charge in [-0.25, -0.2) is 22.7 Å². The molecule has 0 saturated carbocycles. The van der Waals surface area contributed by atoms with E-state index in [1.807, 2.05) is 13.8 Å². The Morgan fingerprint density at radius 2 is 1.76 bits per heavy atom. The smallest absolute Gasteiger partial charge is 0.326 e. The molecule has 0 heterocycles. The number of carboxylic acids is 1. The summed E-state index contributed by atoms with van der Waals surface area (Å²) in [5.41, 5.74) is -0.873. The van der Waals surface area contributed by atoms with Gasteiger partial charge in [-0.3, -0.25) is 0 Å². The summed E-state index contributed by atoms with van der Waals surface area (Å²) in [7, 11) is -3.40. The number of rotatable bonds is 8. The van der Waals surface area contributed by atoms with E-state index in [1.54, 1.807) is 13.8 Å². The zero-order chi connectivity index (χ0) is 16.8. The third-order valence-corrected chi connectivity index (χ3v) is 3.39. The van der Waals surface area contributed by atoms with Gasteiger partial charge in [-0.15, -0.1) is 0 Å². The normalized spacial score (nSPS) is 13.8. The first-order valence-corrected chi connectivity index (χ1v) is 8.47. The fourth-order valence-electron chi connectivity index (χ4n) is 1.74. The van der Waals surface area contributed by atoms with Gasteiger partial charge in [0.1, 0.15) is 6.04 Å². The Bertz CT molecular complexity index is 473. The molecular formula is C12H25N3O5S. The molecular weight excluding hydrogens is 298 g/mol. The lowest BCUT2D eigenvalue weighted by atomic mass is 10.0. The van der Waals surface area contributed by atoms with Crippen molar-refractivity contribution in [3.05, 3.63) is 0 Å². The minimum atomic E-state index is -3.40. The molecule has 0 aromatic heterocycles. The van der Waals surface area contributed by atoms with Gasteiger partial charge in [-0.1, -0.05) is 13.8 Å². The van der Waals surface area contributed by atoms with Gasteiger partial charge in [0, 0.05) is 12.1 Å². The summed E-state index contributed by atoms with van der Waals surface area (Å²) in [6, 6.07) is -1.62. The van der Waals surface area contributed by atoms with E-state index < -0.39 is 33.6 Å². The number of hydrogen-bond donors (Lipinski definition) is 4. The number of aliphatic carboxylic acids is 1. The minimum Gasteiger partial charge on any atom is -0.480 e. The first kappa shape index (κ1) is 19.7. The standard InChI is InChI=1S/C12H25N3O5S/c1-8(2)6-9(10(16)17)14-11(18)13-7-12(3,4)15-21(5,19)20/h8-9,15H,6-7H2,1-5H3,(H,16,17)(H2,13,14,18). The van der Waals surface area contributed by atoms with Gasteiger partial charge in [0.25, 0.3) is 0 Å². The van der Waals surface area contributed by atoms with E-state index in [4.69, 9.17) is 5.11 Å². The van der Waals surface area contributed by atoms with Crippen molar-refractivity contribution in [3.63, 3.8) is 0 Å². The second-order valence-corrected chi connectivity index (χ2v) is 7.85. The molecule has 21 heavy (non-hydrogen) atoms. The lowest BCUT2D eigenvalue weighted by Crippen LogP contribution is -2.54. The van der Waals surface area contributed by atoms with Crippen LogP contribution in [0.1, 0.15) is 34.1 Å². The Kier molecular flexibility index (Phi) is 7.11. The Morgan fingerprint density at radius 1 is 1.24 bits per heavy atom. The minimum absolute atomic E-state index is 0.0277. The maximum absolute atomic E-state index is 11.7. The molecule has 0 aliphatic rings. The highest BCUT2D eigenvalue weighted by Gasteiger charge is 2.25. The van der Waals surface area contributed by atoms with Crippen LogP contribution in [0.15, 0.2) is 0 Å². The second kappa shape index (κ2) is 7.60. The molecule has 0 aromatic carbocycles. The van der Waals surface area contributed by atoms with E-state index in [1.165, 1.54) is 0 Å². The number of amides is 2. The van der Waals surface area contributed by atoms with Crippen LogP contribution in [0.5, 0.6) is 0 Å². The predicted octanol–water partition coefficient (Wildman–Crippen LogP) is 0.113. The van der Waals surface area contributed by atoms with Crippen molar-refractivity contribution in [1.29, 1.82) is 0 Å². The van der Waals surface area contributed by atoms with Crippen LogP contribution in [0, 0.1) is 5.92 Å². The van der Waals surface area contributed by atoms with Crippen molar-refractivity contribution < 1.29 is 23.1 Å². The van der Waals surface area contributed by atoms with Crippen molar-refractivity contribution in [2.24, 2.45) is 5.92 Å². The van der Waals surface area contributed by atoms with Crippen LogP contribution in [-0.4, -0.2) is 49.9 Å². The summed E-state index contributed by atoms with van der Waals surface area (Å²) in [4.78, 5) is 22.7. The molecule has 8 nitrogen and oxygen atoms in total. The van der Waals surface area contributed by atoms with Crippen molar-refractivity contribution >= 4 is 22.0 Å². The predicted molar refractivity (Wildman–Crippen MR) is 79.5 cm³/mol. The Labute approximate surface area is 125 Å². The maximum atomic E-state index is 11.7. The number of carboxylic acid groups (broad SMARTS) is 1. The van der Waals surface area contributed by atoms with E-state index >= 15 is 0 Å². The van der Waals surface area contributed by atoms with E-state index in [2.05, 4.69) is 15.4 Å². The fourth-order valence-corrected chi connectivity index (χ4v) is 2.82. The number of carbonyl (C=O) groups excluding carboxylic acids is 1. The zero-order valence-electron chi connectivity index (χ0n) is 13.1. The van der Waals surface area contributed by atoms with Gasteiger partial charge < -0.3 is 15.7 Å². The molecule has 0 fully saturated rings. The van der Waals surface area contributed by atoms with Crippen LogP contribution in [0.2, 0.25) is 0 Å². The topological polar surface area (TPSA) is 125 Å². The zero-order valence-corrected chi connectivity index (χ0v) is 13.9. The van der Waals surface area contributed by atoms with Crippen LogP contribution in [0.25, 0.3) is 0 Å². The number of carbonyl (C=O) groups is 2. The van der Waals surface area contributed by atoms with E-state index in [-0.39, 0.29) is 12.5 Å². The molecule has 1 atom stereocenters. The third kappa shape index (κ3) is 10.1. The molecule has 0 aromatic rings. The van der Waals surface area contributed by atoms with Crippen molar-refractivity contribution in [3.8, 4) is 0 Å². The summed E-state index contributed by atoms with van der Waals surface area (Å²) in [5.74, 6) is -0.984. The van der Waals surface area contributed by atoms with Gasteiger partial charge in [0.05, 0.1) is 6.26 Å². The summed E-state index contributed by atoms with van der Waals surface area (Å²) < 4.78 is 24.7. The fraction of sp³-hybridized carbons (Fsp3) is 0.833. The highest BCUT2D eigenvalue weighted by Crippen LogP contribution is 2.05. The van der Waals surface area contributed by atoms with Gasteiger partial charge in [0.15, 0.2) is 0 Å². The van der Waals surface area contributed by atoms with Crippen LogP contribution in [0.3, 0.4) is 0 Å². The third-order valence-electron chi connectivity index (χ3n) is 2.46. The highest BCUT2D eigenvalue weighted by molar-refractivity contribution is 7.88. The van der Waals surface area contributed by atoms with Crippen LogP contribution in [0.4, 0.5) is 4.79 Å². The average molecular weight is 323 g/mol. The Balaban J connectivity index is 4.46. The van der Waals surface area contributed by atoms with Crippen molar-refractivity contribution in [2.45, 2.75) is 45.7 Å². The average Bonchev–Trinajstić information content (AvgIpc) is 2.21. The van der Waals surface area contributed by atoms with E-state index in [0.717, 1.165) is 6.26 Å². The molecule has 4 N–H and O–H groups in total. The molecule has 1 unspecified atom stereocenters. The molecule has 0 aliphatic carbocycles. The van der Waals surface area contributed by atoms with E-state index in [0.29, 0.717) is 6.42 Å². The number of hydrogen-bond acceptors (Lipinski definition) is 4. The van der Waals surface area contributed by atoms with Crippen molar-refractivity contribution in [1.82, 2.24) is 15.4 Å². The van der Waals surface area contributed by atoms with Crippen LogP contribution in [-0.2, 0) is 14.8 Å². The number of urea groups is 1. The molecule has 9 heteroatoms. The van der Waals surface area contributed by atoms with Gasteiger partial charge in [0.2, 0.25) is 10.0 Å². The highest BCUT2D eigenvalue weighted by atomic mass is 32.2. The lowest BCUT2D eigenvalue weighted by Gasteiger charge is -2.26. The number of nitrogens with one attached hydrogen (secondary N) is 3. The van der Waals surface area contributed by atoms with Crippen LogP contribution < -0.4 is 15.4 Å². The summed E-state index contributed by atoms with van der Waals surface area (Å²) in [6.07, 6.45) is 1.34. The SMILES string of the molecule is CC(C)CC(NC(=O)NCC(C)(C)NS(C)(=O)=O)C(=O)O. The Morgan fingerprint density at radius 3 is 2.14 bits per heavy atom. The molecule has 0 spiro atoms. The Hall–Kier alpha value is -1.35. The first-order chi connectivity index (χ1) is 9.32. The first-order valence-electron chi connectivity index (χ1n) is 6.58. The van der Waals surface area contributed by atoms with Gasteiger partial charge >= 0.3 is 12.0 Å². The molecule has 0 rings (SSSR count). The largest absolute Gasteiger partial charge is 0.480 e. The molecule has 0 aliphatic heterocycles. The molecule has 0 bridgehead atoms. The molecule has 2 amide bonds. The molecule has 0 radical (unpaired) electrons. The second-order valence-electron chi connectivity index (χ2n) is 6.11. The summed E-state index contributed by atoms with van der Waals surface area (Å²) in [6.45, 7) is 6.96. The lowest BCUT2D eigenvalue weighted by molar-refractivity contribution is -0.139. The van der Waals surface area contributed by atoms with Crippen LogP contribution >= 0.6 is 0 Å². The van der Waals surface area contributed by atoms with Gasteiger partial charge in [-0.05, 0) is 26.2 Å². The number of sulfonamides is 1. The summed E-state index contributed by atoms with van der Waals surface area (Å²) in [5, 5.41) is 13.8. The van der Waals surface area contributed by atoms with E-state index in [9.17, 15) is 18.0 Å². The molecule has 0 saturated heterocycles. The molecule has 124 valence electrons.